The summed E-state index contributed by atoms with van der Waals surface area (Å²) < 4.78 is 66.3. The van der Waals surface area contributed by atoms with Gasteiger partial charge in [0.2, 0.25) is 5.75 Å². The number of aldehydes is 1. The zero-order valence-corrected chi connectivity index (χ0v) is 36.2. The highest BCUT2D eigenvalue weighted by Gasteiger charge is 2.45. The molecule has 2 aromatic heterocycles. The van der Waals surface area contributed by atoms with Crippen molar-refractivity contribution >= 4 is 57.8 Å². The molecule has 330 valence electrons. The number of fused-ring (bicyclic) bond motifs is 2. The lowest BCUT2D eigenvalue weighted by Gasteiger charge is -2.44. The maximum Gasteiger partial charge on any atom is 0.322 e. The monoisotopic (exact) mass is 875 g/mol. The van der Waals surface area contributed by atoms with E-state index < -0.39 is 23.4 Å². The minimum Gasteiger partial charge on any atom is -0.451 e. The molecule has 1 saturated carbocycles. The van der Waals surface area contributed by atoms with E-state index in [1.807, 2.05) is 24.3 Å². The molecule has 3 aromatic carbocycles. The topological polar surface area (TPSA) is 139 Å². The number of rotatable bonds is 13. The number of nitrogens with zero attached hydrogens (tertiary/aromatic N) is 7. The van der Waals surface area contributed by atoms with Gasteiger partial charge in [-0.25, -0.2) is 27.3 Å². The van der Waals surface area contributed by atoms with Crippen LogP contribution in [-0.2, 0) is 16.6 Å². The first kappa shape index (κ1) is 43.5. The van der Waals surface area contributed by atoms with Crippen LogP contribution in [0.2, 0.25) is 0 Å². The van der Waals surface area contributed by atoms with E-state index in [0.717, 1.165) is 69.5 Å². The zero-order valence-electron chi connectivity index (χ0n) is 35.3. The maximum absolute atomic E-state index is 15.9. The number of piperidine rings is 1. The summed E-state index contributed by atoms with van der Waals surface area (Å²) in [5, 5.41) is 7.92. The van der Waals surface area contributed by atoms with E-state index in [4.69, 9.17) is 9.47 Å². The van der Waals surface area contributed by atoms with Gasteiger partial charge >= 0.3 is 6.03 Å². The van der Waals surface area contributed by atoms with Gasteiger partial charge in [0.05, 0.1) is 46.7 Å². The first-order valence-electron chi connectivity index (χ1n) is 21.2. The van der Waals surface area contributed by atoms with Crippen LogP contribution < -0.4 is 25.2 Å². The molecule has 62 heavy (non-hydrogen) atoms. The molecule has 1 aliphatic carbocycles. The van der Waals surface area contributed by atoms with Crippen LogP contribution in [0.1, 0.15) is 75.8 Å². The Morgan fingerprint density at radius 1 is 1.05 bits per heavy atom. The number of aryl methyl sites for hydroxylation is 1. The van der Waals surface area contributed by atoms with Crippen LogP contribution in [0.5, 0.6) is 11.5 Å². The van der Waals surface area contributed by atoms with E-state index in [0.29, 0.717) is 47.9 Å². The molecule has 2 aliphatic heterocycles. The fourth-order valence-corrected chi connectivity index (χ4v) is 9.80. The van der Waals surface area contributed by atoms with Crippen molar-refractivity contribution in [1.82, 2.24) is 33.9 Å². The van der Waals surface area contributed by atoms with Crippen LogP contribution in [0.4, 0.5) is 29.5 Å². The summed E-state index contributed by atoms with van der Waals surface area (Å²) >= 11 is 1.17. The summed E-state index contributed by atoms with van der Waals surface area (Å²) in [5.74, 6) is -2.17. The Kier molecular flexibility index (Phi) is 12.8. The Labute approximate surface area is 362 Å². The molecule has 14 nitrogen and oxygen atoms in total. The standard InChI is InChI=1S/C44H52F3N9O5S/c1-5-52(3)62-51-37-14-12-34(45)40(39(37)47)61-30-11-13-36-32(21-30)42(58)56(26-49-36)29-24-44(60-25-29)15-18-54(19-16-44)28-9-7-27(8-10-28)31-23-38-33(22-35(31)46)41(50-53(38)4)55(17-6-20-57)43(59)48-2/h11-14,20-23,26-29,51H,5-10,15-19,24-25H2,1-4H3,(H,48,59). The number of ether oxygens (including phenoxy) is 2. The second kappa shape index (κ2) is 18.3. The van der Waals surface area contributed by atoms with E-state index in [2.05, 4.69) is 25.0 Å². The quantitative estimate of drug-likeness (QED) is 0.0890. The van der Waals surface area contributed by atoms with Crippen LogP contribution in [0.15, 0.2) is 53.6 Å². The Bertz CT molecular complexity index is 2520. The van der Waals surface area contributed by atoms with Gasteiger partial charge in [0, 0.05) is 70.3 Å². The molecule has 1 atom stereocenters. The molecular weight excluding hydrogens is 824 g/mol. The number of hydrogen-bond acceptors (Lipinski definition) is 11. The number of halogens is 3. The number of likely N-dealkylation sites (tertiary alicyclic amines) is 1. The number of amides is 2. The van der Waals surface area contributed by atoms with E-state index in [1.165, 1.54) is 48.3 Å². The third kappa shape index (κ3) is 8.61. The average molecular weight is 876 g/mol. The first-order chi connectivity index (χ1) is 29.9. The van der Waals surface area contributed by atoms with E-state index in [-0.39, 0.29) is 58.7 Å². The van der Waals surface area contributed by atoms with E-state index in [9.17, 15) is 18.8 Å². The Morgan fingerprint density at radius 2 is 1.82 bits per heavy atom. The number of carbonyl (C=O) groups excluding carboxylic acids is 2. The van der Waals surface area contributed by atoms with Gasteiger partial charge in [0.1, 0.15) is 17.9 Å². The Balaban J connectivity index is 0.888. The summed E-state index contributed by atoms with van der Waals surface area (Å²) in [7, 11) is 5.11. The molecule has 4 heterocycles. The van der Waals surface area contributed by atoms with Crippen molar-refractivity contribution in [2.24, 2.45) is 7.05 Å². The van der Waals surface area contributed by atoms with Gasteiger partial charge in [-0.3, -0.25) is 18.9 Å². The fraction of sp³-hybridized carbons (Fsp3) is 0.477. The summed E-state index contributed by atoms with van der Waals surface area (Å²) in [4.78, 5) is 46.1. The predicted molar refractivity (Wildman–Crippen MR) is 233 cm³/mol. The SMILES string of the molecule is CCN(C)SNc1ccc(F)c(Oc2ccc3ncn(C4COC5(CCN(C6CCC(c7cc8c(cc7F)c(N(CCC=O)C(=O)NC)nn8C)CC6)CC5)C4)c(=O)c3c2)c1F. The summed E-state index contributed by atoms with van der Waals surface area (Å²) in [6.45, 7) is 4.87. The van der Waals surface area contributed by atoms with Crippen molar-refractivity contribution in [3.8, 4) is 11.5 Å². The number of hydrogen-bond donors (Lipinski definition) is 2. The Hall–Kier alpha value is -5.17. The van der Waals surface area contributed by atoms with Crippen molar-refractivity contribution in [3.63, 3.8) is 0 Å². The second-order valence-electron chi connectivity index (χ2n) is 16.5. The molecule has 3 fully saturated rings. The largest absolute Gasteiger partial charge is 0.451 e. The molecule has 2 amide bonds. The van der Waals surface area contributed by atoms with Crippen LogP contribution in [0.25, 0.3) is 21.8 Å². The number of anilines is 2. The molecule has 0 radical (unpaired) electrons. The minimum atomic E-state index is -0.885. The molecule has 5 aromatic rings. The normalized spacial score (nSPS) is 20.3. The number of benzene rings is 3. The van der Waals surface area contributed by atoms with Crippen LogP contribution in [0, 0.1) is 17.5 Å². The second-order valence-corrected chi connectivity index (χ2v) is 17.5. The Morgan fingerprint density at radius 3 is 2.55 bits per heavy atom. The molecule has 2 saturated heterocycles. The zero-order chi connectivity index (χ0) is 43.7. The molecule has 1 spiro atoms. The predicted octanol–water partition coefficient (Wildman–Crippen LogP) is 7.68. The molecule has 2 N–H and O–H groups in total. The van der Waals surface area contributed by atoms with Crippen molar-refractivity contribution in [3.05, 3.63) is 82.2 Å². The lowest BCUT2D eigenvalue weighted by Crippen LogP contribution is -2.49. The summed E-state index contributed by atoms with van der Waals surface area (Å²) in [6.07, 6.45) is 8.29. The maximum atomic E-state index is 15.9. The summed E-state index contributed by atoms with van der Waals surface area (Å²) in [6, 6.07) is 10.1. The smallest absolute Gasteiger partial charge is 0.322 e. The van der Waals surface area contributed by atoms with Crippen LogP contribution >= 0.6 is 12.1 Å². The minimum absolute atomic E-state index is 0.0542. The third-order valence-electron chi connectivity index (χ3n) is 12.9. The third-order valence-corrected chi connectivity index (χ3v) is 13.7. The van der Waals surface area contributed by atoms with Gasteiger partial charge in [0.25, 0.3) is 5.56 Å². The van der Waals surface area contributed by atoms with Gasteiger partial charge in [-0.05, 0) is 106 Å². The first-order valence-corrected chi connectivity index (χ1v) is 22.0. The van der Waals surface area contributed by atoms with Crippen LogP contribution in [0.3, 0.4) is 0 Å². The molecule has 1 unspecified atom stereocenters. The lowest BCUT2D eigenvalue weighted by atomic mass is 9.79. The van der Waals surface area contributed by atoms with Gasteiger partial charge in [-0.15, -0.1) is 0 Å². The highest BCUT2D eigenvalue weighted by Crippen LogP contribution is 2.44. The van der Waals surface area contributed by atoms with E-state index >= 15 is 8.78 Å². The number of aromatic nitrogens is 4. The highest BCUT2D eigenvalue weighted by molar-refractivity contribution is 7.98. The van der Waals surface area contributed by atoms with Gasteiger partial charge in [-0.1, -0.05) is 6.92 Å². The molecule has 18 heteroatoms. The van der Waals surface area contributed by atoms with Gasteiger partial charge in [0.15, 0.2) is 17.5 Å². The molecule has 0 bridgehead atoms. The number of nitrogens with one attached hydrogen (secondary N) is 2. The molecular formula is C44H52F3N9O5S. The van der Waals surface area contributed by atoms with Crippen molar-refractivity contribution in [2.75, 3.05) is 56.5 Å². The summed E-state index contributed by atoms with van der Waals surface area (Å²) in [5.41, 5.74) is 1.24. The molecule has 8 rings (SSSR count). The lowest BCUT2D eigenvalue weighted by molar-refractivity contribution is -0.107. The van der Waals surface area contributed by atoms with Gasteiger partial charge < -0.3 is 29.2 Å². The number of urea groups is 1. The fourth-order valence-electron chi connectivity index (χ4n) is 9.26. The van der Waals surface area contributed by atoms with Crippen LogP contribution in [-0.4, -0.2) is 99.4 Å². The molecule has 3 aliphatic rings. The average Bonchev–Trinajstić information content (AvgIpc) is 3.84. The number of carbonyl (C=O) groups is 2. The highest BCUT2D eigenvalue weighted by atomic mass is 32.2. The van der Waals surface area contributed by atoms with Crippen molar-refractivity contribution < 1.29 is 32.2 Å². The van der Waals surface area contributed by atoms with Crippen molar-refractivity contribution in [1.29, 1.82) is 0 Å². The van der Waals surface area contributed by atoms with Gasteiger partial charge in [-0.2, -0.15) is 5.10 Å². The van der Waals surface area contributed by atoms with E-state index in [1.54, 1.807) is 28.7 Å². The van der Waals surface area contributed by atoms with Crippen molar-refractivity contribution in [2.45, 2.75) is 81.9 Å².